The molecule has 0 radical (unpaired) electrons. The summed E-state index contributed by atoms with van der Waals surface area (Å²) in [5.74, 6) is -39.7. The number of hydrogen-bond acceptors (Lipinski definition) is 1. The standard InChI is InChI=1S/C15H7BrF16O/c16-7-3-1-2-6(4-7)8(33,14(27,28)29)5-9(17,18)10(19,20)11(21,22)12(23,24)13(25,26)15(30,31)32/h1-4,33H,5H2. The fraction of sp³-hybridized carbons (Fsp3) is 0.600. The maximum Gasteiger partial charge on any atom is 0.460 e. The summed E-state index contributed by atoms with van der Waals surface area (Å²) in [5.41, 5.74) is -6.89. The highest BCUT2D eigenvalue weighted by atomic mass is 79.9. The van der Waals surface area contributed by atoms with Crippen LogP contribution < -0.4 is 0 Å². The number of rotatable bonds is 7. The topological polar surface area (TPSA) is 20.2 Å². The van der Waals surface area contributed by atoms with Crippen molar-refractivity contribution < 1.29 is 75.4 Å². The lowest BCUT2D eigenvalue weighted by atomic mass is 9.82. The highest BCUT2D eigenvalue weighted by molar-refractivity contribution is 9.10. The van der Waals surface area contributed by atoms with Crippen LogP contribution in [0.2, 0.25) is 0 Å². The van der Waals surface area contributed by atoms with Crippen LogP contribution in [0.25, 0.3) is 0 Å². The summed E-state index contributed by atoms with van der Waals surface area (Å²) < 4.78 is 210. The first-order chi connectivity index (χ1) is 14.2. The van der Waals surface area contributed by atoms with Crippen molar-refractivity contribution in [2.24, 2.45) is 0 Å². The van der Waals surface area contributed by atoms with Gasteiger partial charge in [0.1, 0.15) is 0 Å². The zero-order valence-corrected chi connectivity index (χ0v) is 16.5. The normalized spacial score (nSPS) is 17.2. The van der Waals surface area contributed by atoms with Crippen LogP contribution in [-0.2, 0) is 5.60 Å². The van der Waals surface area contributed by atoms with Gasteiger partial charge >= 0.3 is 42.0 Å². The summed E-state index contributed by atoms with van der Waals surface area (Å²) in [6.45, 7) is 0. The SMILES string of the molecule is OC(CC(F)(F)C(F)(F)C(F)(F)C(F)(F)C(F)(F)C(F)(F)F)(c1cccc(Br)c1)C(F)(F)F. The smallest absolute Gasteiger partial charge is 0.376 e. The summed E-state index contributed by atoms with van der Waals surface area (Å²) in [6, 6.07) is 1.89. The summed E-state index contributed by atoms with van der Waals surface area (Å²) in [7, 11) is 0. The van der Waals surface area contributed by atoms with E-state index in [1.807, 2.05) is 0 Å². The first-order valence-electron chi connectivity index (χ1n) is 7.71. The van der Waals surface area contributed by atoms with Gasteiger partial charge in [0.2, 0.25) is 0 Å². The molecule has 1 nitrogen and oxygen atoms in total. The summed E-state index contributed by atoms with van der Waals surface area (Å²) in [6.07, 6.45) is -17.9. The molecule has 0 fully saturated rings. The molecule has 33 heavy (non-hydrogen) atoms. The third-order valence-corrected chi connectivity index (χ3v) is 4.74. The van der Waals surface area contributed by atoms with Gasteiger partial charge in [0.15, 0.2) is 5.60 Å². The van der Waals surface area contributed by atoms with Gasteiger partial charge in [-0.15, -0.1) is 0 Å². The van der Waals surface area contributed by atoms with Gasteiger partial charge in [-0.1, -0.05) is 28.1 Å². The van der Waals surface area contributed by atoms with Crippen LogP contribution in [0.5, 0.6) is 0 Å². The molecular weight excluding hydrogens is 580 g/mol. The van der Waals surface area contributed by atoms with E-state index in [9.17, 15) is 75.4 Å². The molecule has 1 aromatic rings. The molecule has 0 aliphatic carbocycles. The van der Waals surface area contributed by atoms with Gasteiger partial charge in [0, 0.05) is 4.47 Å². The van der Waals surface area contributed by atoms with Crippen molar-refractivity contribution in [1.82, 2.24) is 0 Å². The second kappa shape index (κ2) is 8.05. The Morgan fingerprint density at radius 2 is 1.03 bits per heavy atom. The van der Waals surface area contributed by atoms with Gasteiger partial charge in [-0.05, 0) is 17.7 Å². The Labute approximate surface area is 180 Å². The number of aliphatic hydroxyl groups is 1. The van der Waals surface area contributed by atoms with E-state index in [2.05, 4.69) is 15.9 Å². The van der Waals surface area contributed by atoms with Crippen molar-refractivity contribution in [3.63, 3.8) is 0 Å². The van der Waals surface area contributed by atoms with Gasteiger partial charge in [-0.25, -0.2) is 0 Å². The van der Waals surface area contributed by atoms with Crippen molar-refractivity contribution >= 4 is 15.9 Å². The van der Waals surface area contributed by atoms with Crippen molar-refractivity contribution in [2.75, 3.05) is 0 Å². The second-order valence-electron chi connectivity index (χ2n) is 6.54. The Bertz CT molecular complexity index is 858. The lowest BCUT2D eigenvalue weighted by molar-refractivity contribution is -0.443. The van der Waals surface area contributed by atoms with Gasteiger partial charge < -0.3 is 5.11 Å². The molecule has 0 amide bonds. The minimum atomic E-state index is -8.27. The molecule has 1 unspecified atom stereocenters. The van der Waals surface area contributed by atoms with E-state index in [4.69, 9.17) is 0 Å². The van der Waals surface area contributed by atoms with Gasteiger partial charge in [0.05, 0.1) is 6.42 Å². The Hall–Kier alpha value is -1.46. The minimum absolute atomic E-state index is 0.178. The van der Waals surface area contributed by atoms with E-state index >= 15 is 0 Å². The average Bonchev–Trinajstić information content (AvgIpc) is 2.58. The molecule has 1 atom stereocenters. The van der Waals surface area contributed by atoms with Crippen LogP contribution in [-0.4, -0.2) is 47.1 Å². The number of alkyl halides is 16. The first-order valence-corrected chi connectivity index (χ1v) is 8.51. The fourth-order valence-electron chi connectivity index (χ4n) is 2.35. The van der Waals surface area contributed by atoms with Crippen LogP contribution in [0.15, 0.2) is 28.7 Å². The lowest BCUT2D eigenvalue weighted by Crippen LogP contribution is -2.70. The summed E-state index contributed by atoms with van der Waals surface area (Å²) >= 11 is 2.52. The van der Waals surface area contributed by atoms with Crippen LogP contribution in [0.1, 0.15) is 12.0 Å². The zero-order valence-electron chi connectivity index (χ0n) is 14.9. The molecule has 0 saturated heterocycles. The third kappa shape index (κ3) is 4.48. The van der Waals surface area contributed by atoms with Crippen molar-refractivity contribution in [3.8, 4) is 0 Å². The third-order valence-electron chi connectivity index (χ3n) is 4.25. The number of hydrogen-bond donors (Lipinski definition) is 1. The summed E-state index contributed by atoms with van der Waals surface area (Å²) in [5, 5.41) is 9.68. The van der Waals surface area contributed by atoms with Gasteiger partial charge in [-0.3, -0.25) is 0 Å². The highest BCUT2D eigenvalue weighted by Crippen LogP contribution is 2.62. The Kier molecular flexibility index (Phi) is 7.21. The quantitative estimate of drug-likeness (QED) is 0.332. The van der Waals surface area contributed by atoms with E-state index in [0.29, 0.717) is 6.07 Å². The highest BCUT2D eigenvalue weighted by Gasteiger charge is 2.91. The molecule has 1 rings (SSSR count). The molecular formula is C15H7BrF16O. The van der Waals surface area contributed by atoms with Gasteiger partial charge in [0.25, 0.3) is 0 Å². The van der Waals surface area contributed by atoms with Crippen LogP contribution in [0.3, 0.4) is 0 Å². The molecule has 1 aromatic carbocycles. The molecule has 0 saturated carbocycles. The molecule has 18 heteroatoms. The predicted molar refractivity (Wildman–Crippen MR) is 79.5 cm³/mol. The fourth-order valence-corrected chi connectivity index (χ4v) is 2.75. The molecule has 0 heterocycles. The Morgan fingerprint density at radius 1 is 0.606 bits per heavy atom. The number of halogens is 17. The first kappa shape index (κ1) is 29.6. The monoisotopic (exact) mass is 586 g/mol. The van der Waals surface area contributed by atoms with E-state index in [1.165, 1.54) is 0 Å². The molecule has 192 valence electrons. The van der Waals surface area contributed by atoms with E-state index in [0.717, 1.165) is 6.07 Å². The minimum Gasteiger partial charge on any atom is -0.376 e. The zero-order chi connectivity index (χ0) is 26.7. The van der Waals surface area contributed by atoms with Crippen LogP contribution in [0, 0.1) is 0 Å². The second-order valence-corrected chi connectivity index (χ2v) is 7.46. The summed E-state index contributed by atoms with van der Waals surface area (Å²) in [4.78, 5) is 0. The van der Waals surface area contributed by atoms with E-state index in [1.54, 1.807) is 0 Å². The molecule has 0 spiro atoms. The van der Waals surface area contributed by atoms with Crippen molar-refractivity contribution in [3.05, 3.63) is 34.3 Å². The Morgan fingerprint density at radius 3 is 1.39 bits per heavy atom. The van der Waals surface area contributed by atoms with Crippen LogP contribution in [0.4, 0.5) is 70.2 Å². The van der Waals surface area contributed by atoms with E-state index in [-0.39, 0.29) is 12.1 Å². The van der Waals surface area contributed by atoms with Crippen molar-refractivity contribution in [2.45, 2.75) is 54.0 Å². The van der Waals surface area contributed by atoms with Gasteiger partial charge in [-0.2, -0.15) is 70.2 Å². The molecule has 0 aromatic heterocycles. The number of benzene rings is 1. The maximum atomic E-state index is 14.0. The average molecular weight is 587 g/mol. The lowest BCUT2D eigenvalue weighted by Gasteiger charge is -2.42. The maximum absolute atomic E-state index is 14.0. The molecule has 1 N–H and O–H groups in total. The molecule has 0 aliphatic rings. The molecule has 0 bridgehead atoms. The van der Waals surface area contributed by atoms with Crippen LogP contribution >= 0.6 is 15.9 Å². The predicted octanol–water partition coefficient (Wildman–Crippen LogP) is 7.33. The van der Waals surface area contributed by atoms with E-state index < -0.39 is 64.0 Å². The molecule has 0 aliphatic heterocycles. The van der Waals surface area contributed by atoms with Crippen molar-refractivity contribution in [1.29, 1.82) is 0 Å². The largest absolute Gasteiger partial charge is 0.460 e. The Balaban J connectivity index is 3.67.